The highest BCUT2D eigenvalue weighted by molar-refractivity contribution is 5.94. The molecule has 3 nitrogen and oxygen atoms in total. The maximum Gasteiger partial charge on any atom is 0.254 e. The normalized spacial score (nSPS) is 17.8. The number of methoxy groups -OCH3 is 1. The molecule has 1 saturated heterocycles. The zero-order valence-electron chi connectivity index (χ0n) is 12.2. The number of rotatable bonds is 3. The van der Waals surface area contributed by atoms with Crippen LogP contribution in [0.3, 0.4) is 0 Å². The van der Waals surface area contributed by atoms with Crippen molar-refractivity contribution in [2.24, 2.45) is 0 Å². The van der Waals surface area contributed by atoms with Gasteiger partial charge in [-0.3, -0.25) is 4.79 Å². The van der Waals surface area contributed by atoms with Gasteiger partial charge in [0.15, 0.2) is 0 Å². The number of benzene rings is 2. The van der Waals surface area contributed by atoms with Gasteiger partial charge in [0.05, 0.1) is 13.2 Å². The molecular weight excluding hydrogens is 262 g/mol. The van der Waals surface area contributed by atoms with E-state index in [9.17, 15) is 4.79 Å². The van der Waals surface area contributed by atoms with Crippen LogP contribution in [0.5, 0.6) is 5.75 Å². The summed E-state index contributed by atoms with van der Waals surface area (Å²) in [6, 6.07) is 17.8. The molecule has 1 amide bonds. The minimum Gasteiger partial charge on any atom is -0.497 e. The van der Waals surface area contributed by atoms with Crippen molar-refractivity contribution >= 4 is 5.91 Å². The lowest BCUT2D eigenvalue weighted by Crippen LogP contribution is -2.30. The zero-order valence-corrected chi connectivity index (χ0v) is 12.2. The second-order valence-corrected chi connectivity index (χ2v) is 5.30. The largest absolute Gasteiger partial charge is 0.497 e. The van der Waals surface area contributed by atoms with Crippen LogP contribution >= 0.6 is 0 Å². The van der Waals surface area contributed by atoms with Gasteiger partial charge >= 0.3 is 0 Å². The Morgan fingerprint density at radius 2 is 1.81 bits per heavy atom. The molecule has 1 aliphatic rings. The third kappa shape index (κ3) is 2.77. The van der Waals surface area contributed by atoms with Gasteiger partial charge in [0.25, 0.3) is 5.91 Å². The number of likely N-dealkylation sites (tertiary alicyclic amines) is 1. The predicted molar refractivity (Wildman–Crippen MR) is 82.4 cm³/mol. The summed E-state index contributed by atoms with van der Waals surface area (Å²) in [6.07, 6.45) is 2.09. The Bertz CT molecular complexity index is 607. The Balaban J connectivity index is 1.82. The average Bonchev–Trinajstić information content (AvgIpc) is 3.04. The van der Waals surface area contributed by atoms with E-state index in [1.54, 1.807) is 7.11 Å². The molecule has 2 aromatic rings. The van der Waals surface area contributed by atoms with Crippen LogP contribution in [0, 0.1) is 0 Å². The summed E-state index contributed by atoms with van der Waals surface area (Å²) in [5, 5.41) is 0. The van der Waals surface area contributed by atoms with Crippen LogP contribution in [0.4, 0.5) is 0 Å². The van der Waals surface area contributed by atoms with Crippen molar-refractivity contribution in [3.8, 4) is 5.75 Å². The molecule has 21 heavy (non-hydrogen) atoms. The molecule has 1 atom stereocenters. The molecule has 0 spiro atoms. The van der Waals surface area contributed by atoms with E-state index in [0.717, 1.165) is 30.7 Å². The van der Waals surface area contributed by atoms with Crippen molar-refractivity contribution in [1.29, 1.82) is 0 Å². The Morgan fingerprint density at radius 1 is 1.10 bits per heavy atom. The Kier molecular flexibility index (Phi) is 3.91. The fraction of sp³-hybridized carbons (Fsp3) is 0.278. The SMILES string of the molecule is COc1ccc(C(=O)N2CCCC2c2ccccc2)cc1. The quantitative estimate of drug-likeness (QED) is 0.859. The highest BCUT2D eigenvalue weighted by atomic mass is 16.5. The molecule has 1 unspecified atom stereocenters. The van der Waals surface area contributed by atoms with Crippen LogP contribution in [-0.4, -0.2) is 24.5 Å². The first kappa shape index (κ1) is 13.7. The second kappa shape index (κ2) is 6.00. The highest BCUT2D eigenvalue weighted by Gasteiger charge is 2.30. The minimum absolute atomic E-state index is 0.101. The van der Waals surface area contributed by atoms with Crippen molar-refractivity contribution in [2.75, 3.05) is 13.7 Å². The van der Waals surface area contributed by atoms with Crippen molar-refractivity contribution in [3.05, 3.63) is 65.7 Å². The fourth-order valence-corrected chi connectivity index (χ4v) is 2.93. The van der Waals surface area contributed by atoms with Crippen LogP contribution in [0.15, 0.2) is 54.6 Å². The van der Waals surface area contributed by atoms with E-state index in [0.29, 0.717) is 0 Å². The second-order valence-electron chi connectivity index (χ2n) is 5.30. The summed E-state index contributed by atoms with van der Waals surface area (Å²) < 4.78 is 5.14. The van der Waals surface area contributed by atoms with Crippen molar-refractivity contribution in [3.63, 3.8) is 0 Å². The van der Waals surface area contributed by atoms with E-state index >= 15 is 0 Å². The van der Waals surface area contributed by atoms with E-state index in [-0.39, 0.29) is 11.9 Å². The minimum atomic E-state index is 0.101. The topological polar surface area (TPSA) is 29.5 Å². The monoisotopic (exact) mass is 281 g/mol. The zero-order chi connectivity index (χ0) is 14.7. The number of carbonyl (C=O) groups excluding carboxylic acids is 1. The molecule has 0 radical (unpaired) electrons. The van der Waals surface area contributed by atoms with Gasteiger partial charge in [0, 0.05) is 12.1 Å². The van der Waals surface area contributed by atoms with E-state index in [1.165, 1.54) is 5.56 Å². The molecule has 3 heteroatoms. The van der Waals surface area contributed by atoms with Crippen molar-refractivity contribution in [2.45, 2.75) is 18.9 Å². The van der Waals surface area contributed by atoms with Gasteiger partial charge in [-0.25, -0.2) is 0 Å². The smallest absolute Gasteiger partial charge is 0.254 e. The lowest BCUT2D eigenvalue weighted by Gasteiger charge is -2.25. The summed E-state index contributed by atoms with van der Waals surface area (Å²) in [4.78, 5) is 14.7. The molecule has 0 saturated carbocycles. The van der Waals surface area contributed by atoms with Gasteiger partial charge in [-0.15, -0.1) is 0 Å². The van der Waals surface area contributed by atoms with E-state index < -0.39 is 0 Å². The standard InChI is InChI=1S/C18H19NO2/c1-21-16-11-9-15(10-12-16)18(20)19-13-5-8-17(19)14-6-3-2-4-7-14/h2-4,6-7,9-12,17H,5,8,13H2,1H3. The van der Waals surface area contributed by atoms with Gasteiger partial charge in [0.1, 0.15) is 5.75 Å². The third-order valence-electron chi connectivity index (χ3n) is 4.03. The fourth-order valence-electron chi connectivity index (χ4n) is 2.93. The molecule has 0 bridgehead atoms. The van der Waals surface area contributed by atoms with Gasteiger partial charge in [-0.2, -0.15) is 0 Å². The third-order valence-corrected chi connectivity index (χ3v) is 4.03. The Hall–Kier alpha value is -2.29. The molecular formula is C18H19NO2. The highest BCUT2D eigenvalue weighted by Crippen LogP contribution is 2.33. The number of carbonyl (C=O) groups is 1. The number of hydrogen-bond acceptors (Lipinski definition) is 2. The molecule has 1 aliphatic heterocycles. The first-order chi connectivity index (χ1) is 10.3. The van der Waals surface area contributed by atoms with Gasteiger partial charge in [0.2, 0.25) is 0 Å². The average molecular weight is 281 g/mol. The summed E-state index contributed by atoms with van der Waals surface area (Å²) in [7, 11) is 1.63. The summed E-state index contributed by atoms with van der Waals surface area (Å²) in [5.74, 6) is 0.872. The number of hydrogen-bond donors (Lipinski definition) is 0. The first-order valence-electron chi connectivity index (χ1n) is 7.29. The molecule has 1 fully saturated rings. The number of amides is 1. The van der Waals surface area contributed by atoms with E-state index in [1.807, 2.05) is 47.4 Å². The maximum atomic E-state index is 12.7. The molecule has 3 rings (SSSR count). The van der Waals surface area contributed by atoms with E-state index in [2.05, 4.69) is 12.1 Å². The molecule has 0 N–H and O–H groups in total. The Labute approximate surface area is 125 Å². The lowest BCUT2D eigenvalue weighted by molar-refractivity contribution is 0.0735. The van der Waals surface area contributed by atoms with Crippen LogP contribution in [0.1, 0.15) is 34.8 Å². The van der Waals surface area contributed by atoms with Crippen LogP contribution in [0.25, 0.3) is 0 Å². The molecule has 0 aromatic heterocycles. The van der Waals surface area contributed by atoms with Crippen molar-refractivity contribution < 1.29 is 9.53 Å². The molecule has 2 aromatic carbocycles. The van der Waals surface area contributed by atoms with Crippen molar-refractivity contribution in [1.82, 2.24) is 4.90 Å². The van der Waals surface area contributed by atoms with E-state index in [4.69, 9.17) is 4.74 Å². The van der Waals surface area contributed by atoms with Gasteiger partial charge in [-0.05, 0) is 42.7 Å². The lowest BCUT2D eigenvalue weighted by atomic mass is 10.0. The molecule has 0 aliphatic carbocycles. The molecule has 1 heterocycles. The summed E-state index contributed by atoms with van der Waals surface area (Å²) in [6.45, 7) is 0.824. The first-order valence-corrected chi connectivity index (χ1v) is 7.29. The van der Waals surface area contributed by atoms with Gasteiger partial charge < -0.3 is 9.64 Å². The molecule has 108 valence electrons. The predicted octanol–water partition coefficient (Wildman–Crippen LogP) is 3.67. The van der Waals surface area contributed by atoms with Crippen LogP contribution < -0.4 is 4.74 Å². The van der Waals surface area contributed by atoms with Gasteiger partial charge in [-0.1, -0.05) is 30.3 Å². The van der Waals surface area contributed by atoms with Crippen LogP contribution in [0.2, 0.25) is 0 Å². The number of nitrogens with zero attached hydrogens (tertiary/aromatic N) is 1. The summed E-state index contributed by atoms with van der Waals surface area (Å²) >= 11 is 0. The van der Waals surface area contributed by atoms with Crippen LogP contribution in [-0.2, 0) is 0 Å². The summed E-state index contributed by atoms with van der Waals surface area (Å²) in [5.41, 5.74) is 1.94. The number of ether oxygens (including phenoxy) is 1. The maximum absolute atomic E-state index is 12.7. The Morgan fingerprint density at radius 3 is 2.48 bits per heavy atom.